The molecule has 0 saturated heterocycles. The number of carbonyl (C=O) groups excluding carboxylic acids is 2. The van der Waals surface area contributed by atoms with Gasteiger partial charge in [-0.25, -0.2) is 14.2 Å². The predicted molar refractivity (Wildman–Crippen MR) is 100 cm³/mol. The minimum Gasteiger partial charge on any atom is -0.772 e. The number of imide groups is 1. The van der Waals surface area contributed by atoms with Gasteiger partial charge in [-0.15, -0.1) is 0 Å². The summed E-state index contributed by atoms with van der Waals surface area (Å²) in [4.78, 5) is 28.2. The summed E-state index contributed by atoms with van der Waals surface area (Å²) >= 11 is 4.70. The number of carbonyl (C=O) groups is 2. The Morgan fingerprint density at radius 1 is 1.26 bits per heavy atom. The van der Waals surface area contributed by atoms with Crippen LogP contribution in [0.5, 0.6) is 0 Å². The fourth-order valence-corrected chi connectivity index (χ4v) is 3.85. The highest BCUT2D eigenvalue weighted by Gasteiger charge is 2.15. The van der Waals surface area contributed by atoms with E-state index < -0.39 is 28.8 Å². The van der Waals surface area contributed by atoms with Gasteiger partial charge in [0, 0.05) is 5.75 Å². The van der Waals surface area contributed by atoms with Crippen molar-refractivity contribution in [3.63, 3.8) is 0 Å². The van der Waals surface area contributed by atoms with Gasteiger partial charge in [-0.3, -0.25) is 19.6 Å². The first-order valence-electron chi connectivity index (χ1n) is 7.34. The standard InChI is InChI=1S/C16H11ClFN3O4S2/c17-11-6-9(18)2-3-10(11)14(22)20-15(23)21-16-19-12-4-1-8(7-27(24)25)5-13(12)26-16/h1-6H,7H2,(H,24,25)(H2,19,20,21,22,23)/p-1. The smallest absolute Gasteiger partial charge is 0.327 e. The summed E-state index contributed by atoms with van der Waals surface area (Å²) in [7, 11) is 0. The summed E-state index contributed by atoms with van der Waals surface area (Å²) in [5.74, 6) is -1.52. The summed E-state index contributed by atoms with van der Waals surface area (Å²) in [6.07, 6.45) is 0. The van der Waals surface area contributed by atoms with Crippen molar-refractivity contribution >= 4 is 61.3 Å². The van der Waals surface area contributed by atoms with Crippen molar-refractivity contribution in [3.8, 4) is 0 Å². The average molecular weight is 427 g/mol. The number of fused-ring (bicyclic) bond motifs is 1. The molecule has 27 heavy (non-hydrogen) atoms. The second-order valence-corrected chi connectivity index (χ2v) is 7.64. The molecular weight excluding hydrogens is 417 g/mol. The fraction of sp³-hybridized carbons (Fsp3) is 0.0625. The number of nitrogens with one attached hydrogen (secondary N) is 2. The lowest BCUT2D eigenvalue weighted by Crippen LogP contribution is -2.34. The van der Waals surface area contributed by atoms with Gasteiger partial charge in [0.1, 0.15) is 5.82 Å². The number of thiazole rings is 1. The van der Waals surface area contributed by atoms with Crippen LogP contribution in [0.25, 0.3) is 10.2 Å². The molecule has 1 atom stereocenters. The highest BCUT2D eigenvalue weighted by atomic mass is 35.5. The summed E-state index contributed by atoms with van der Waals surface area (Å²) in [6.45, 7) is 0. The third-order valence-corrected chi connectivity index (χ3v) is 5.18. The Bertz CT molecular complexity index is 1070. The van der Waals surface area contributed by atoms with Crippen LogP contribution in [-0.4, -0.2) is 25.7 Å². The first kappa shape index (κ1) is 19.4. The molecule has 0 aliphatic carbocycles. The van der Waals surface area contributed by atoms with Crippen molar-refractivity contribution in [1.29, 1.82) is 0 Å². The van der Waals surface area contributed by atoms with Crippen LogP contribution in [0.4, 0.5) is 14.3 Å². The molecule has 140 valence electrons. The van der Waals surface area contributed by atoms with E-state index in [4.69, 9.17) is 11.6 Å². The first-order valence-corrected chi connectivity index (χ1v) is 9.78. The number of hydrogen-bond donors (Lipinski definition) is 2. The van der Waals surface area contributed by atoms with E-state index in [-0.39, 0.29) is 21.5 Å². The molecule has 3 amide bonds. The summed E-state index contributed by atoms with van der Waals surface area (Å²) in [5, 5.41) is 4.60. The molecule has 0 aliphatic heterocycles. The molecule has 1 unspecified atom stereocenters. The number of anilines is 1. The Hall–Kier alpha value is -2.40. The molecule has 2 N–H and O–H groups in total. The SMILES string of the molecule is O=C(NC(=O)c1ccc(F)cc1Cl)Nc1nc2ccc(CS(=O)[O-])cc2s1. The topological polar surface area (TPSA) is 111 Å². The Morgan fingerprint density at radius 3 is 2.74 bits per heavy atom. The van der Waals surface area contributed by atoms with Gasteiger partial charge in [0.2, 0.25) is 0 Å². The van der Waals surface area contributed by atoms with Gasteiger partial charge >= 0.3 is 6.03 Å². The molecule has 0 spiro atoms. The molecule has 11 heteroatoms. The summed E-state index contributed by atoms with van der Waals surface area (Å²) in [6, 6.07) is 7.28. The molecule has 3 aromatic rings. The van der Waals surface area contributed by atoms with Crippen LogP contribution >= 0.6 is 22.9 Å². The van der Waals surface area contributed by atoms with Crippen LogP contribution in [-0.2, 0) is 16.8 Å². The highest BCUT2D eigenvalue weighted by molar-refractivity contribution is 7.78. The van der Waals surface area contributed by atoms with Gasteiger partial charge in [0.15, 0.2) is 5.13 Å². The molecule has 0 saturated carbocycles. The lowest BCUT2D eigenvalue weighted by molar-refractivity contribution is 0.0967. The third kappa shape index (κ3) is 4.86. The van der Waals surface area contributed by atoms with E-state index in [9.17, 15) is 22.7 Å². The van der Waals surface area contributed by atoms with Crippen LogP contribution in [0.1, 0.15) is 15.9 Å². The van der Waals surface area contributed by atoms with E-state index in [2.05, 4.69) is 15.6 Å². The minimum atomic E-state index is -2.21. The molecular formula is C16H10ClFN3O4S2-. The van der Waals surface area contributed by atoms with Gasteiger partial charge in [-0.05, 0) is 35.9 Å². The Balaban J connectivity index is 1.70. The number of rotatable bonds is 4. The normalized spacial score (nSPS) is 12.0. The van der Waals surface area contributed by atoms with Crippen LogP contribution < -0.4 is 10.6 Å². The second kappa shape index (κ2) is 8.09. The van der Waals surface area contributed by atoms with Crippen LogP contribution in [0, 0.1) is 5.82 Å². The van der Waals surface area contributed by atoms with Crippen molar-refractivity contribution < 1.29 is 22.7 Å². The molecule has 0 radical (unpaired) electrons. The van der Waals surface area contributed by atoms with E-state index in [1.807, 2.05) is 0 Å². The van der Waals surface area contributed by atoms with Crippen molar-refractivity contribution in [3.05, 3.63) is 58.4 Å². The van der Waals surface area contributed by atoms with E-state index >= 15 is 0 Å². The lowest BCUT2D eigenvalue weighted by atomic mass is 10.2. The van der Waals surface area contributed by atoms with Crippen molar-refractivity contribution in [1.82, 2.24) is 10.3 Å². The Labute approximate surface area is 163 Å². The molecule has 3 rings (SSSR count). The van der Waals surface area contributed by atoms with E-state index in [0.29, 0.717) is 15.8 Å². The van der Waals surface area contributed by atoms with E-state index in [1.54, 1.807) is 18.2 Å². The largest absolute Gasteiger partial charge is 0.772 e. The maximum absolute atomic E-state index is 13.0. The zero-order valence-corrected chi connectivity index (χ0v) is 15.7. The number of aromatic nitrogens is 1. The maximum atomic E-state index is 13.0. The van der Waals surface area contributed by atoms with Crippen molar-refractivity contribution in [2.45, 2.75) is 5.75 Å². The molecule has 7 nitrogen and oxygen atoms in total. The molecule has 0 bridgehead atoms. The van der Waals surface area contributed by atoms with Gasteiger partial charge in [-0.2, -0.15) is 0 Å². The van der Waals surface area contributed by atoms with Crippen LogP contribution in [0.3, 0.4) is 0 Å². The minimum absolute atomic E-state index is 0.0484. The Morgan fingerprint density at radius 2 is 2.04 bits per heavy atom. The fourth-order valence-electron chi connectivity index (χ4n) is 2.22. The zero-order valence-electron chi connectivity index (χ0n) is 13.3. The van der Waals surface area contributed by atoms with Gasteiger partial charge in [0.25, 0.3) is 5.91 Å². The number of nitrogens with zero attached hydrogens (tertiary/aromatic N) is 1. The summed E-state index contributed by atoms with van der Waals surface area (Å²) < 4.78 is 35.3. The maximum Gasteiger partial charge on any atom is 0.327 e. The van der Waals surface area contributed by atoms with Gasteiger partial charge < -0.3 is 4.55 Å². The molecule has 0 aliphatic rings. The lowest BCUT2D eigenvalue weighted by Gasteiger charge is -2.05. The average Bonchev–Trinajstić information content (AvgIpc) is 2.95. The zero-order chi connectivity index (χ0) is 19.6. The number of halogens is 2. The van der Waals surface area contributed by atoms with Crippen LogP contribution in [0.2, 0.25) is 5.02 Å². The molecule has 2 aromatic carbocycles. The van der Waals surface area contributed by atoms with Crippen molar-refractivity contribution in [2.24, 2.45) is 0 Å². The summed E-state index contributed by atoms with van der Waals surface area (Å²) in [5.41, 5.74) is 1.12. The molecule has 1 aromatic heterocycles. The number of amides is 3. The van der Waals surface area contributed by atoms with Crippen LogP contribution in [0.15, 0.2) is 36.4 Å². The second-order valence-electron chi connectivity index (χ2n) is 5.30. The monoisotopic (exact) mass is 426 g/mol. The number of urea groups is 1. The molecule has 0 fully saturated rings. The van der Waals surface area contributed by atoms with Gasteiger partial charge in [-0.1, -0.05) is 40.1 Å². The Kier molecular flexibility index (Phi) is 5.80. The molecule has 1 heterocycles. The number of benzene rings is 2. The van der Waals surface area contributed by atoms with Gasteiger partial charge in [0.05, 0.1) is 20.8 Å². The predicted octanol–water partition coefficient (Wildman–Crippen LogP) is 3.43. The third-order valence-electron chi connectivity index (χ3n) is 3.36. The van der Waals surface area contributed by atoms with Crippen molar-refractivity contribution in [2.75, 3.05) is 5.32 Å². The van der Waals surface area contributed by atoms with E-state index in [1.165, 1.54) is 6.07 Å². The first-order chi connectivity index (χ1) is 12.8. The quantitative estimate of drug-likeness (QED) is 0.621. The highest BCUT2D eigenvalue weighted by Crippen LogP contribution is 2.27. The number of hydrogen-bond acceptors (Lipinski definition) is 6. The van der Waals surface area contributed by atoms with E-state index in [0.717, 1.165) is 23.5 Å².